The van der Waals surface area contributed by atoms with Crippen molar-refractivity contribution >= 4 is 0 Å². The molecule has 16 heavy (non-hydrogen) atoms. The first-order chi connectivity index (χ1) is 7.74. The minimum atomic E-state index is -0.207. The summed E-state index contributed by atoms with van der Waals surface area (Å²) in [5.41, 5.74) is 3.19. The molecule has 0 bridgehead atoms. The van der Waals surface area contributed by atoms with Crippen LogP contribution in [0.25, 0.3) is 0 Å². The Labute approximate surface area is 97.3 Å². The molecule has 0 amide bonds. The van der Waals surface area contributed by atoms with E-state index in [1.165, 1.54) is 37.1 Å². The average molecular weight is 219 g/mol. The molecule has 2 nitrogen and oxygen atoms in total. The van der Waals surface area contributed by atoms with Crippen molar-refractivity contribution in [3.8, 4) is 0 Å². The molecule has 0 aromatic carbocycles. The van der Waals surface area contributed by atoms with E-state index in [4.69, 9.17) is 0 Å². The van der Waals surface area contributed by atoms with Crippen molar-refractivity contribution in [2.75, 3.05) is 0 Å². The molecule has 1 fully saturated rings. The van der Waals surface area contributed by atoms with Gasteiger partial charge in [0.25, 0.3) is 0 Å². The second-order valence-electron chi connectivity index (χ2n) is 5.61. The summed E-state index contributed by atoms with van der Waals surface area (Å²) < 4.78 is 2.41. The number of fused-ring (bicyclic) bond motifs is 1. The smallest absolute Gasteiger partial charge is 0.0807 e. The first-order valence-corrected chi connectivity index (χ1v) is 6.60. The van der Waals surface area contributed by atoms with E-state index in [0.717, 1.165) is 19.3 Å². The summed E-state index contributed by atoms with van der Waals surface area (Å²) in [6, 6.07) is 2.13. The van der Waals surface area contributed by atoms with Gasteiger partial charge in [0.2, 0.25) is 0 Å². The zero-order valence-corrected chi connectivity index (χ0v) is 10.1. The SMILES string of the molecule is CCC1(Cn2ccc3c2CCCC3O)CC1. The molecule has 0 radical (unpaired) electrons. The largest absolute Gasteiger partial charge is 0.388 e. The molecule has 2 aliphatic carbocycles. The fourth-order valence-electron chi connectivity index (χ4n) is 3.04. The molecule has 0 saturated heterocycles. The Morgan fingerprint density at radius 3 is 3.00 bits per heavy atom. The van der Waals surface area contributed by atoms with Crippen molar-refractivity contribution in [3.63, 3.8) is 0 Å². The molecule has 88 valence electrons. The molecule has 1 heterocycles. The summed E-state index contributed by atoms with van der Waals surface area (Å²) in [5, 5.41) is 9.93. The number of aliphatic hydroxyl groups excluding tert-OH is 1. The lowest BCUT2D eigenvalue weighted by Gasteiger charge is -2.22. The Hall–Kier alpha value is -0.760. The predicted octanol–water partition coefficient (Wildman–Crippen LogP) is 3.05. The second-order valence-corrected chi connectivity index (χ2v) is 5.61. The topological polar surface area (TPSA) is 25.2 Å². The third-order valence-corrected chi connectivity index (χ3v) is 4.58. The van der Waals surface area contributed by atoms with Crippen LogP contribution in [0, 0.1) is 5.41 Å². The van der Waals surface area contributed by atoms with Gasteiger partial charge in [-0.1, -0.05) is 6.92 Å². The van der Waals surface area contributed by atoms with Crippen LogP contribution in [0.4, 0.5) is 0 Å². The van der Waals surface area contributed by atoms with E-state index in [1.807, 2.05) is 0 Å². The lowest BCUT2D eigenvalue weighted by atomic mass is 9.95. The van der Waals surface area contributed by atoms with Crippen molar-refractivity contribution in [1.29, 1.82) is 0 Å². The summed E-state index contributed by atoms with van der Waals surface area (Å²) in [7, 11) is 0. The molecule has 1 aromatic heterocycles. The third kappa shape index (κ3) is 1.60. The molecule has 0 aliphatic heterocycles. The van der Waals surface area contributed by atoms with Crippen LogP contribution < -0.4 is 0 Å². The van der Waals surface area contributed by atoms with Gasteiger partial charge in [0.15, 0.2) is 0 Å². The van der Waals surface area contributed by atoms with Gasteiger partial charge in [-0.3, -0.25) is 0 Å². The maximum absolute atomic E-state index is 9.93. The lowest BCUT2D eigenvalue weighted by Crippen LogP contribution is -2.16. The highest BCUT2D eigenvalue weighted by atomic mass is 16.3. The number of hydrogen-bond donors (Lipinski definition) is 1. The van der Waals surface area contributed by atoms with Crippen LogP contribution in [0.5, 0.6) is 0 Å². The van der Waals surface area contributed by atoms with E-state index in [-0.39, 0.29) is 6.10 Å². The molecular formula is C14H21NO. The van der Waals surface area contributed by atoms with E-state index in [9.17, 15) is 5.11 Å². The van der Waals surface area contributed by atoms with Gasteiger partial charge in [0.05, 0.1) is 6.10 Å². The molecule has 1 saturated carbocycles. The van der Waals surface area contributed by atoms with Gasteiger partial charge in [-0.05, 0) is 50.0 Å². The zero-order valence-electron chi connectivity index (χ0n) is 10.1. The number of aliphatic hydroxyl groups is 1. The fraction of sp³-hybridized carbons (Fsp3) is 0.714. The highest BCUT2D eigenvalue weighted by molar-refractivity contribution is 5.27. The van der Waals surface area contributed by atoms with Gasteiger partial charge in [0.1, 0.15) is 0 Å². The number of nitrogens with zero attached hydrogens (tertiary/aromatic N) is 1. The van der Waals surface area contributed by atoms with Gasteiger partial charge < -0.3 is 9.67 Å². The van der Waals surface area contributed by atoms with Gasteiger partial charge >= 0.3 is 0 Å². The van der Waals surface area contributed by atoms with E-state index in [2.05, 4.69) is 23.8 Å². The Morgan fingerprint density at radius 1 is 1.50 bits per heavy atom. The normalized spacial score (nSPS) is 26.5. The molecule has 2 heteroatoms. The molecular weight excluding hydrogens is 198 g/mol. The third-order valence-electron chi connectivity index (χ3n) is 4.58. The summed E-state index contributed by atoms with van der Waals surface area (Å²) in [4.78, 5) is 0. The van der Waals surface area contributed by atoms with Gasteiger partial charge in [-0.15, -0.1) is 0 Å². The average Bonchev–Trinajstić information content (AvgIpc) is 2.95. The molecule has 3 rings (SSSR count). The number of rotatable bonds is 3. The minimum absolute atomic E-state index is 0.207. The van der Waals surface area contributed by atoms with Gasteiger partial charge in [-0.2, -0.15) is 0 Å². The van der Waals surface area contributed by atoms with Crippen molar-refractivity contribution in [1.82, 2.24) is 4.57 Å². The van der Waals surface area contributed by atoms with Crippen LogP contribution in [0.15, 0.2) is 12.3 Å². The molecule has 1 atom stereocenters. The Bertz CT molecular complexity index is 389. The highest BCUT2D eigenvalue weighted by Crippen LogP contribution is 2.50. The van der Waals surface area contributed by atoms with Crippen molar-refractivity contribution in [3.05, 3.63) is 23.5 Å². The van der Waals surface area contributed by atoms with Crippen LogP contribution in [0.1, 0.15) is 56.4 Å². The first-order valence-electron chi connectivity index (χ1n) is 6.60. The standard InChI is InChI=1S/C14H21NO/c1-2-14(7-8-14)10-15-9-6-11-12(15)4-3-5-13(11)16/h6,9,13,16H,2-5,7-8,10H2,1H3. The van der Waals surface area contributed by atoms with E-state index >= 15 is 0 Å². The monoisotopic (exact) mass is 219 g/mol. The van der Waals surface area contributed by atoms with Crippen molar-refractivity contribution in [2.24, 2.45) is 5.41 Å². The fourth-order valence-corrected chi connectivity index (χ4v) is 3.04. The quantitative estimate of drug-likeness (QED) is 0.830. The molecule has 1 aromatic rings. The van der Waals surface area contributed by atoms with E-state index in [0.29, 0.717) is 5.41 Å². The Kier molecular flexibility index (Phi) is 2.36. The molecule has 1 N–H and O–H groups in total. The van der Waals surface area contributed by atoms with Crippen LogP contribution in [0.3, 0.4) is 0 Å². The van der Waals surface area contributed by atoms with Gasteiger partial charge in [-0.25, -0.2) is 0 Å². The first kappa shape index (κ1) is 10.4. The van der Waals surface area contributed by atoms with E-state index < -0.39 is 0 Å². The van der Waals surface area contributed by atoms with E-state index in [1.54, 1.807) is 0 Å². The lowest BCUT2D eigenvalue weighted by molar-refractivity contribution is 0.155. The number of hydrogen-bond acceptors (Lipinski definition) is 1. The predicted molar refractivity (Wildman–Crippen MR) is 64.3 cm³/mol. The van der Waals surface area contributed by atoms with Crippen molar-refractivity contribution < 1.29 is 5.11 Å². The second kappa shape index (κ2) is 3.63. The summed E-state index contributed by atoms with van der Waals surface area (Å²) in [6.07, 6.45) is 9.28. The van der Waals surface area contributed by atoms with Crippen LogP contribution >= 0.6 is 0 Å². The minimum Gasteiger partial charge on any atom is -0.388 e. The zero-order chi connectivity index (χ0) is 11.2. The Balaban J connectivity index is 1.86. The molecule has 1 unspecified atom stereocenters. The van der Waals surface area contributed by atoms with Crippen molar-refractivity contribution in [2.45, 2.75) is 58.1 Å². The van der Waals surface area contributed by atoms with Gasteiger partial charge in [0, 0.05) is 24.0 Å². The molecule has 2 aliphatic rings. The summed E-state index contributed by atoms with van der Waals surface area (Å²) in [6.45, 7) is 3.48. The van der Waals surface area contributed by atoms with Crippen LogP contribution in [0.2, 0.25) is 0 Å². The van der Waals surface area contributed by atoms with Crippen LogP contribution in [-0.2, 0) is 13.0 Å². The number of aromatic nitrogens is 1. The maximum Gasteiger partial charge on any atom is 0.0807 e. The molecule has 0 spiro atoms. The highest BCUT2D eigenvalue weighted by Gasteiger charge is 2.41. The Morgan fingerprint density at radius 2 is 2.31 bits per heavy atom. The maximum atomic E-state index is 9.93. The summed E-state index contributed by atoms with van der Waals surface area (Å²) >= 11 is 0. The van der Waals surface area contributed by atoms with Crippen LogP contribution in [-0.4, -0.2) is 9.67 Å². The summed E-state index contributed by atoms with van der Waals surface area (Å²) in [5.74, 6) is 0.